The average molecular weight is 278 g/mol. The second-order valence-electron chi connectivity index (χ2n) is 5.11. The van der Waals surface area contributed by atoms with Crippen molar-refractivity contribution in [3.05, 3.63) is 23.8 Å². The molecule has 1 fully saturated rings. The van der Waals surface area contributed by atoms with Crippen LogP contribution in [0.3, 0.4) is 0 Å². The van der Waals surface area contributed by atoms with E-state index in [9.17, 15) is 9.90 Å². The van der Waals surface area contributed by atoms with Crippen molar-refractivity contribution >= 4 is 11.6 Å². The Kier molecular flexibility index (Phi) is 4.84. The molecule has 20 heavy (non-hydrogen) atoms. The molecule has 0 spiro atoms. The minimum atomic E-state index is -0.225. The van der Waals surface area contributed by atoms with Crippen molar-refractivity contribution in [3.8, 4) is 5.75 Å². The summed E-state index contributed by atoms with van der Waals surface area (Å²) in [6, 6.07) is 5.22. The van der Waals surface area contributed by atoms with Crippen LogP contribution in [-0.4, -0.2) is 30.3 Å². The highest BCUT2D eigenvalue weighted by Crippen LogP contribution is 2.28. The second kappa shape index (κ2) is 6.61. The summed E-state index contributed by atoms with van der Waals surface area (Å²) < 4.78 is 5.47. The fraction of sp³-hybridized carbons (Fsp3) is 0.533. The van der Waals surface area contributed by atoms with Gasteiger partial charge in [0.2, 0.25) is 0 Å². The van der Waals surface area contributed by atoms with Gasteiger partial charge in [0.15, 0.2) is 0 Å². The van der Waals surface area contributed by atoms with Crippen molar-refractivity contribution < 1.29 is 14.6 Å². The number of aliphatic hydroxyl groups is 1. The molecule has 0 heterocycles. The first-order valence-electron chi connectivity index (χ1n) is 7.10. The van der Waals surface area contributed by atoms with Gasteiger partial charge in [-0.2, -0.15) is 0 Å². The summed E-state index contributed by atoms with van der Waals surface area (Å²) in [6.07, 6.45) is 2.87. The minimum absolute atomic E-state index is 0.0154. The van der Waals surface area contributed by atoms with E-state index in [1.54, 1.807) is 18.2 Å². The van der Waals surface area contributed by atoms with Crippen LogP contribution in [0.1, 0.15) is 36.5 Å². The predicted molar refractivity (Wildman–Crippen MR) is 77.7 cm³/mol. The highest BCUT2D eigenvalue weighted by atomic mass is 16.5. The number of nitrogens with one attached hydrogen (secondary N) is 1. The first-order chi connectivity index (χ1) is 9.67. The normalized spacial score (nSPS) is 21.7. The molecule has 110 valence electrons. The Bertz CT molecular complexity index is 476. The molecule has 1 aromatic rings. The lowest BCUT2D eigenvalue weighted by atomic mass is 10.0. The van der Waals surface area contributed by atoms with E-state index in [0.717, 1.165) is 19.3 Å². The summed E-state index contributed by atoms with van der Waals surface area (Å²) in [5.41, 5.74) is 6.70. The molecule has 0 saturated heterocycles. The number of nitrogens with two attached hydrogens (primary N) is 1. The van der Waals surface area contributed by atoms with E-state index in [-0.39, 0.29) is 24.5 Å². The van der Waals surface area contributed by atoms with Gasteiger partial charge in [-0.05, 0) is 31.9 Å². The van der Waals surface area contributed by atoms with Crippen LogP contribution in [0.5, 0.6) is 5.75 Å². The van der Waals surface area contributed by atoms with Crippen molar-refractivity contribution in [2.24, 2.45) is 5.92 Å². The zero-order valence-electron chi connectivity index (χ0n) is 11.8. The number of carbonyl (C=O) groups is 1. The number of anilines is 1. The van der Waals surface area contributed by atoms with Gasteiger partial charge in [0, 0.05) is 24.3 Å². The Morgan fingerprint density at radius 3 is 3.00 bits per heavy atom. The Hall–Kier alpha value is -1.75. The van der Waals surface area contributed by atoms with E-state index >= 15 is 0 Å². The van der Waals surface area contributed by atoms with Gasteiger partial charge < -0.3 is 20.9 Å². The van der Waals surface area contributed by atoms with Crippen LogP contribution in [0.4, 0.5) is 5.69 Å². The number of rotatable bonds is 5. The van der Waals surface area contributed by atoms with Crippen LogP contribution in [0.2, 0.25) is 0 Å². The van der Waals surface area contributed by atoms with Gasteiger partial charge in [-0.3, -0.25) is 4.79 Å². The van der Waals surface area contributed by atoms with Crippen LogP contribution >= 0.6 is 0 Å². The van der Waals surface area contributed by atoms with Crippen molar-refractivity contribution in [2.75, 3.05) is 18.9 Å². The number of ether oxygens (including phenoxy) is 1. The molecule has 2 rings (SSSR count). The number of hydrogen-bond acceptors (Lipinski definition) is 4. The van der Waals surface area contributed by atoms with Gasteiger partial charge in [0.25, 0.3) is 5.91 Å². The average Bonchev–Trinajstić information content (AvgIpc) is 2.86. The Morgan fingerprint density at radius 2 is 2.30 bits per heavy atom. The van der Waals surface area contributed by atoms with Crippen LogP contribution in [0, 0.1) is 5.92 Å². The SMILES string of the molecule is CCOc1cccc(N)c1C(=O)NC1CCCC1CO. The number of amides is 1. The Morgan fingerprint density at radius 1 is 1.50 bits per heavy atom. The first-order valence-corrected chi connectivity index (χ1v) is 7.10. The molecule has 5 nitrogen and oxygen atoms in total. The quantitative estimate of drug-likeness (QED) is 0.714. The van der Waals surface area contributed by atoms with E-state index in [0.29, 0.717) is 23.6 Å². The van der Waals surface area contributed by atoms with Gasteiger partial charge in [0.05, 0.1) is 6.61 Å². The van der Waals surface area contributed by atoms with Crippen molar-refractivity contribution in [2.45, 2.75) is 32.2 Å². The fourth-order valence-electron chi connectivity index (χ4n) is 2.75. The summed E-state index contributed by atoms with van der Waals surface area (Å²) >= 11 is 0. The summed E-state index contributed by atoms with van der Waals surface area (Å²) in [5, 5.41) is 12.3. The lowest BCUT2D eigenvalue weighted by Gasteiger charge is -2.20. The van der Waals surface area contributed by atoms with Crippen LogP contribution in [0.25, 0.3) is 0 Å². The fourth-order valence-corrected chi connectivity index (χ4v) is 2.75. The van der Waals surface area contributed by atoms with E-state index in [4.69, 9.17) is 10.5 Å². The third-order valence-electron chi connectivity index (χ3n) is 3.80. The third-order valence-corrected chi connectivity index (χ3v) is 3.80. The Labute approximate surface area is 119 Å². The Balaban J connectivity index is 2.16. The maximum atomic E-state index is 12.4. The van der Waals surface area contributed by atoms with Gasteiger partial charge in [-0.15, -0.1) is 0 Å². The second-order valence-corrected chi connectivity index (χ2v) is 5.11. The molecule has 5 heteroatoms. The van der Waals surface area contributed by atoms with Crippen molar-refractivity contribution in [3.63, 3.8) is 0 Å². The number of benzene rings is 1. The maximum Gasteiger partial charge on any atom is 0.257 e. The highest BCUT2D eigenvalue weighted by molar-refractivity contribution is 6.02. The van der Waals surface area contributed by atoms with E-state index in [1.165, 1.54) is 0 Å². The van der Waals surface area contributed by atoms with Crippen LogP contribution in [-0.2, 0) is 0 Å². The van der Waals surface area contributed by atoms with Gasteiger partial charge in [-0.25, -0.2) is 0 Å². The number of hydrogen-bond donors (Lipinski definition) is 3. The summed E-state index contributed by atoms with van der Waals surface area (Å²) in [5.74, 6) is 0.417. The number of nitrogen functional groups attached to an aromatic ring is 1. The summed E-state index contributed by atoms with van der Waals surface area (Å²) in [6.45, 7) is 2.45. The molecule has 1 aliphatic rings. The molecule has 1 saturated carbocycles. The molecule has 4 N–H and O–H groups in total. The van der Waals surface area contributed by atoms with E-state index in [1.807, 2.05) is 6.92 Å². The molecule has 1 amide bonds. The molecule has 1 aliphatic carbocycles. The minimum Gasteiger partial charge on any atom is -0.493 e. The topological polar surface area (TPSA) is 84.6 Å². The maximum absolute atomic E-state index is 12.4. The molecular formula is C15H22N2O3. The van der Waals surface area contributed by atoms with Gasteiger partial charge in [-0.1, -0.05) is 12.5 Å². The molecule has 0 bridgehead atoms. The summed E-state index contributed by atoms with van der Waals surface area (Å²) in [4.78, 5) is 12.4. The zero-order chi connectivity index (χ0) is 14.5. The lowest BCUT2D eigenvalue weighted by Crippen LogP contribution is -2.39. The molecular weight excluding hydrogens is 256 g/mol. The molecule has 0 aromatic heterocycles. The molecule has 2 unspecified atom stereocenters. The lowest BCUT2D eigenvalue weighted by molar-refractivity contribution is 0.0913. The zero-order valence-corrected chi connectivity index (χ0v) is 11.8. The monoisotopic (exact) mass is 278 g/mol. The van der Waals surface area contributed by atoms with Gasteiger partial charge >= 0.3 is 0 Å². The number of aliphatic hydroxyl groups excluding tert-OH is 1. The van der Waals surface area contributed by atoms with Crippen molar-refractivity contribution in [1.29, 1.82) is 0 Å². The number of carbonyl (C=O) groups excluding carboxylic acids is 1. The van der Waals surface area contributed by atoms with Gasteiger partial charge in [0.1, 0.15) is 11.3 Å². The largest absolute Gasteiger partial charge is 0.493 e. The van der Waals surface area contributed by atoms with Crippen LogP contribution in [0.15, 0.2) is 18.2 Å². The smallest absolute Gasteiger partial charge is 0.257 e. The van der Waals surface area contributed by atoms with E-state index < -0.39 is 0 Å². The summed E-state index contributed by atoms with van der Waals surface area (Å²) in [7, 11) is 0. The standard InChI is InChI=1S/C15H22N2O3/c1-2-20-13-8-4-6-11(16)14(13)15(19)17-12-7-3-5-10(12)9-18/h4,6,8,10,12,18H,2-3,5,7,9,16H2,1H3,(H,17,19). The highest BCUT2D eigenvalue weighted by Gasteiger charge is 2.29. The molecule has 2 atom stereocenters. The van der Waals surface area contributed by atoms with E-state index in [2.05, 4.69) is 5.32 Å². The van der Waals surface area contributed by atoms with Crippen LogP contribution < -0.4 is 15.8 Å². The predicted octanol–water partition coefficient (Wildman–Crippen LogP) is 1.56. The van der Waals surface area contributed by atoms with Crippen molar-refractivity contribution in [1.82, 2.24) is 5.32 Å². The molecule has 0 radical (unpaired) electrons. The molecule has 0 aliphatic heterocycles. The molecule has 1 aromatic carbocycles. The first kappa shape index (κ1) is 14.7. The third kappa shape index (κ3) is 3.04.